The summed E-state index contributed by atoms with van der Waals surface area (Å²) in [6.07, 6.45) is 5.34. The fourth-order valence-electron chi connectivity index (χ4n) is 4.41. The van der Waals surface area contributed by atoms with Crippen LogP contribution in [0, 0.1) is 12.3 Å². The molecule has 4 rings (SSSR count). The van der Waals surface area contributed by atoms with Crippen LogP contribution in [0.15, 0.2) is 53.2 Å². The summed E-state index contributed by atoms with van der Waals surface area (Å²) in [5.41, 5.74) is 4.07. The number of benzene rings is 2. The van der Waals surface area contributed by atoms with Crippen LogP contribution in [0.25, 0.3) is 5.70 Å². The number of hydrogen-bond acceptors (Lipinski definition) is 6. The van der Waals surface area contributed by atoms with Crippen molar-refractivity contribution in [2.24, 2.45) is 0 Å². The number of fused-ring (bicyclic) bond motifs is 2. The second-order valence-electron chi connectivity index (χ2n) is 7.74. The Hall–Kier alpha value is -3.69. The number of nitrogens with one attached hydrogen (secondary N) is 1. The molecule has 2 aromatic rings. The van der Waals surface area contributed by atoms with Gasteiger partial charge in [-0.1, -0.05) is 41.8 Å². The van der Waals surface area contributed by atoms with E-state index in [2.05, 4.69) is 11.2 Å². The number of carbonyl (C=O) groups excluding carboxylic acids is 2. The van der Waals surface area contributed by atoms with Crippen molar-refractivity contribution in [1.29, 1.82) is 0 Å². The van der Waals surface area contributed by atoms with Gasteiger partial charge in [-0.15, -0.1) is 6.42 Å². The highest BCUT2D eigenvalue weighted by Crippen LogP contribution is 2.49. The van der Waals surface area contributed by atoms with Gasteiger partial charge >= 0.3 is 5.97 Å². The van der Waals surface area contributed by atoms with Crippen LogP contribution < -0.4 is 14.8 Å². The van der Waals surface area contributed by atoms with Gasteiger partial charge in [-0.05, 0) is 38.5 Å². The van der Waals surface area contributed by atoms with E-state index in [1.807, 2.05) is 25.1 Å². The summed E-state index contributed by atoms with van der Waals surface area (Å²) < 4.78 is 16.8. The normalized spacial score (nSPS) is 16.4. The molecule has 1 heterocycles. The van der Waals surface area contributed by atoms with Crippen molar-refractivity contribution in [3.05, 3.63) is 75.0 Å². The molecular weight excluding hydrogens is 454 g/mol. The zero-order valence-corrected chi connectivity index (χ0v) is 19.9. The van der Waals surface area contributed by atoms with Crippen molar-refractivity contribution in [2.45, 2.75) is 26.7 Å². The zero-order chi connectivity index (χ0) is 24.4. The van der Waals surface area contributed by atoms with Crippen LogP contribution in [0.4, 0.5) is 0 Å². The molecule has 1 aliphatic carbocycles. The second kappa shape index (κ2) is 9.66. The fraction of sp³-hybridized carbons (Fsp3) is 0.259. The Labute approximate surface area is 203 Å². The van der Waals surface area contributed by atoms with Crippen LogP contribution >= 0.6 is 11.6 Å². The van der Waals surface area contributed by atoms with Crippen LogP contribution in [-0.2, 0) is 9.53 Å². The average Bonchev–Trinajstić information content (AvgIpc) is 3.09. The summed E-state index contributed by atoms with van der Waals surface area (Å²) in [7, 11) is 0. The molecule has 1 atom stereocenters. The molecule has 0 saturated heterocycles. The van der Waals surface area contributed by atoms with E-state index in [1.165, 1.54) is 0 Å². The Kier molecular flexibility index (Phi) is 6.67. The highest BCUT2D eigenvalue weighted by atomic mass is 35.5. The van der Waals surface area contributed by atoms with Crippen LogP contribution in [0.3, 0.4) is 0 Å². The number of esters is 1. The minimum atomic E-state index is -0.714. The van der Waals surface area contributed by atoms with E-state index in [1.54, 1.807) is 32.0 Å². The Bertz CT molecular complexity index is 1280. The summed E-state index contributed by atoms with van der Waals surface area (Å²) in [5.74, 6) is 1.73. The lowest BCUT2D eigenvalue weighted by Crippen LogP contribution is -2.29. The van der Waals surface area contributed by atoms with Gasteiger partial charge in [0.1, 0.15) is 6.61 Å². The summed E-state index contributed by atoms with van der Waals surface area (Å²) in [4.78, 5) is 26.7. The number of ketones is 1. The minimum Gasteiger partial charge on any atom is -0.490 e. The summed E-state index contributed by atoms with van der Waals surface area (Å²) in [6.45, 7) is 5.94. The van der Waals surface area contributed by atoms with Crippen molar-refractivity contribution in [2.75, 3.05) is 19.8 Å². The maximum absolute atomic E-state index is 13.6. The first kappa shape index (κ1) is 23.5. The second-order valence-corrected chi connectivity index (χ2v) is 8.14. The molecule has 0 saturated carbocycles. The van der Waals surface area contributed by atoms with Crippen molar-refractivity contribution in [3.8, 4) is 23.8 Å². The minimum absolute atomic E-state index is 0.0165. The molecule has 0 bridgehead atoms. The van der Waals surface area contributed by atoms with Crippen LogP contribution in [-0.4, -0.2) is 31.6 Å². The van der Waals surface area contributed by atoms with Gasteiger partial charge in [-0.3, -0.25) is 4.79 Å². The number of dihydropyridines is 1. The van der Waals surface area contributed by atoms with Gasteiger partial charge in [0.05, 0.1) is 29.5 Å². The van der Waals surface area contributed by atoms with Gasteiger partial charge in [0, 0.05) is 28.3 Å². The largest absolute Gasteiger partial charge is 0.490 e. The van der Waals surface area contributed by atoms with Crippen molar-refractivity contribution in [1.82, 2.24) is 5.32 Å². The number of halogens is 1. The Morgan fingerprint density at radius 2 is 1.88 bits per heavy atom. The molecule has 1 N–H and O–H groups in total. The predicted molar refractivity (Wildman–Crippen MR) is 130 cm³/mol. The third-order valence-electron chi connectivity index (χ3n) is 5.71. The van der Waals surface area contributed by atoms with E-state index >= 15 is 0 Å². The quantitative estimate of drug-likeness (QED) is 0.452. The molecule has 1 aliphatic heterocycles. The van der Waals surface area contributed by atoms with E-state index in [0.29, 0.717) is 51.8 Å². The fourth-order valence-corrected chi connectivity index (χ4v) is 4.69. The van der Waals surface area contributed by atoms with Gasteiger partial charge < -0.3 is 19.5 Å². The highest BCUT2D eigenvalue weighted by molar-refractivity contribution is 6.32. The van der Waals surface area contributed by atoms with Crippen molar-refractivity contribution < 1.29 is 23.8 Å². The van der Waals surface area contributed by atoms with Crippen LogP contribution in [0.1, 0.15) is 48.2 Å². The van der Waals surface area contributed by atoms with E-state index in [0.717, 1.165) is 5.56 Å². The van der Waals surface area contributed by atoms with Gasteiger partial charge in [-0.2, -0.15) is 0 Å². The maximum Gasteiger partial charge on any atom is 0.336 e. The monoisotopic (exact) mass is 477 g/mol. The molecular formula is C27H24ClNO5. The third-order valence-corrected chi connectivity index (χ3v) is 5.99. The van der Waals surface area contributed by atoms with Crippen LogP contribution in [0.5, 0.6) is 11.5 Å². The molecule has 34 heavy (non-hydrogen) atoms. The van der Waals surface area contributed by atoms with Crippen molar-refractivity contribution in [3.63, 3.8) is 0 Å². The molecule has 0 amide bonds. The average molecular weight is 478 g/mol. The number of allylic oxidation sites excluding steroid dienone is 2. The first-order valence-corrected chi connectivity index (χ1v) is 11.4. The third kappa shape index (κ3) is 3.93. The Balaban J connectivity index is 1.93. The van der Waals surface area contributed by atoms with E-state index in [-0.39, 0.29) is 24.0 Å². The van der Waals surface area contributed by atoms with E-state index in [4.69, 9.17) is 32.2 Å². The molecule has 2 aliphatic rings. The maximum atomic E-state index is 13.6. The van der Waals surface area contributed by atoms with Crippen LogP contribution in [0.2, 0.25) is 5.02 Å². The van der Waals surface area contributed by atoms with E-state index in [9.17, 15) is 9.59 Å². The standard InChI is InChI=1S/C27H24ClNO5/c1-5-12-34-26-19(28)13-16(14-20(26)32-6-2)22-21(27(31)33-7-3)15(4)29-24-17-10-8-9-11-18(17)25(30)23(22)24/h1,8-11,13-14,22,29H,6-7,12H2,2-4H3/t22-/m1/s1. The Morgan fingerprint density at radius 3 is 2.56 bits per heavy atom. The number of terminal acetylenes is 1. The number of rotatable bonds is 7. The number of carbonyl (C=O) groups is 2. The lowest BCUT2D eigenvalue weighted by Gasteiger charge is -2.29. The molecule has 174 valence electrons. The highest BCUT2D eigenvalue weighted by Gasteiger charge is 2.43. The summed E-state index contributed by atoms with van der Waals surface area (Å²) in [6, 6.07) is 10.8. The molecule has 2 aromatic carbocycles. The number of Topliss-reactive ketones (excluding diaryl/α,β-unsaturated/α-hetero) is 1. The van der Waals surface area contributed by atoms with Gasteiger partial charge in [0.15, 0.2) is 17.3 Å². The summed E-state index contributed by atoms with van der Waals surface area (Å²) in [5, 5.41) is 3.54. The lowest BCUT2D eigenvalue weighted by molar-refractivity contribution is -0.138. The molecule has 0 unspecified atom stereocenters. The molecule has 7 heteroatoms. The first-order chi connectivity index (χ1) is 16.4. The smallest absolute Gasteiger partial charge is 0.336 e. The topological polar surface area (TPSA) is 73.9 Å². The lowest BCUT2D eigenvalue weighted by atomic mass is 9.79. The molecule has 6 nitrogen and oxygen atoms in total. The number of ether oxygens (including phenoxy) is 3. The molecule has 0 radical (unpaired) electrons. The van der Waals surface area contributed by atoms with Gasteiger partial charge in [0.2, 0.25) is 0 Å². The number of hydrogen-bond donors (Lipinski definition) is 1. The molecule has 0 spiro atoms. The summed E-state index contributed by atoms with van der Waals surface area (Å²) >= 11 is 6.60. The Morgan fingerprint density at radius 1 is 1.15 bits per heavy atom. The predicted octanol–water partition coefficient (Wildman–Crippen LogP) is 4.88. The first-order valence-electron chi connectivity index (χ1n) is 11.0. The van der Waals surface area contributed by atoms with Gasteiger partial charge in [-0.25, -0.2) is 4.79 Å². The SMILES string of the molecule is C#CCOc1c(Cl)cc([C@@H]2C(C(=O)OCC)=C(C)NC3=C2C(=O)c2ccccc23)cc1OCC. The molecule has 0 fully saturated rings. The van der Waals surface area contributed by atoms with Crippen molar-refractivity contribution >= 4 is 29.1 Å². The van der Waals surface area contributed by atoms with E-state index < -0.39 is 11.9 Å². The van der Waals surface area contributed by atoms with Gasteiger partial charge in [0.25, 0.3) is 0 Å². The molecule has 0 aromatic heterocycles. The zero-order valence-electron chi connectivity index (χ0n) is 19.2.